The predicted octanol–water partition coefficient (Wildman–Crippen LogP) is -1.12. The highest BCUT2D eigenvalue weighted by Gasteiger charge is 2.42. The molecule has 96 valence electrons. The van der Waals surface area contributed by atoms with Gasteiger partial charge in [-0.05, 0) is 6.42 Å². The van der Waals surface area contributed by atoms with E-state index in [9.17, 15) is 15.3 Å². The Hall–Kier alpha value is -1.70. The molecule has 2 heterocycles. The van der Waals surface area contributed by atoms with E-state index in [2.05, 4.69) is 9.97 Å². The summed E-state index contributed by atoms with van der Waals surface area (Å²) in [6, 6.07) is 0. The van der Waals surface area contributed by atoms with Crippen molar-refractivity contribution in [3.8, 4) is 0 Å². The summed E-state index contributed by atoms with van der Waals surface area (Å²) < 4.78 is 1.72. The van der Waals surface area contributed by atoms with Crippen molar-refractivity contribution in [1.29, 1.82) is 0 Å². The number of nitrogen functional groups attached to an aromatic ring is 1. The van der Waals surface area contributed by atoms with Crippen molar-refractivity contribution in [3.63, 3.8) is 0 Å². The minimum Gasteiger partial charge on any atom is -0.390 e. The number of rotatable bonds is 1. The second-order valence-corrected chi connectivity index (χ2v) is 4.58. The molecule has 7 heteroatoms. The average Bonchev–Trinajstić information content (AvgIpc) is 2.88. The standard InChI is InChI=1S/C11H14N4O3/c12-10-11-14-4-6(15(11)2-1-13-10)5-3-7(16)9(18)8(5)17/h1-2,4-5,7-9,16-18H,3H2,(H2,12,13)/t5-,7-,8-,9+/m0/s1. The highest BCUT2D eigenvalue weighted by molar-refractivity contribution is 5.60. The molecule has 5 N–H and O–H groups in total. The molecule has 1 fully saturated rings. The molecule has 0 aliphatic heterocycles. The third-order valence-corrected chi connectivity index (χ3v) is 3.52. The summed E-state index contributed by atoms with van der Waals surface area (Å²) in [7, 11) is 0. The summed E-state index contributed by atoms with van der Waals surface area (Å²) in [6.45, 7) is 0. The number of nitrogens with zero attached hydrogens (tertiary/aromatic N) is 3. The number of aromatic nitrogens is 3. The van der Waals surface area contributed by atoms with Gasteiger partial charge in [0.1, 0.15) is 6.10 Å². The molecule has 1 aliphatic rings. The highest BCUT2D eigenvalue weighted by atomic mass is 16.4. The second kappa shape index (κ2) is 3.91. The maximum absolute atomic E-state index is 9.93. The van der Waals surface area contributed by atoms with Gasteiger partial charge >= 0.3 is 0 Å². The number of fused-ring (bicyclic) bond motifs is 1. The summed E-state index contributed by atoms with van der Waals surface area (Å²) in [5.41, 5.74) is 6.92. The summed E-state index contributed by atoms with van der Waals surface area (Å²) >= 11 is 0. The summed E-state index contributed by atoms with van der Waals surface area (Å²) in [5, 5.41) is 29.1. The molecule has 0 spiro atoms. The lowest BCUT2D eigenvalue weighted by atomic mass is 10.0. The topological polar surface area (TPSA) is 117 Å². The Balaban J connectivity index is 2.08. The van der Waals surface area contributed by atoms with Crippen LogP contribution in [0.15, 0.2) is 18.6 Å². The van der Waals surface area contributed by atoms with Gasteiger partial charge in [-0.2, -0.15) is 0 Å². The van der Waals surface area contributed by atoms with E-state index in [-0.39, 0.29) is 5.92 Å². The number of hydrogen-bond donors (Lipinski definition) is 4. The van der Waals surface area contributed by atoms with Crippen LogP contribution in [0.25, 0.3) is 5.65 Å². The van der Waals surface area contributed by atoms with Crippen molar-refractivity contribution in [3.05, 3.63) is 24.3 Å². The number of aliphatic hydroxyl groups excluding tert-OH is 3. The lowest BCUT2D eigenvalue weighted by Crippen LogP contribution is -2.30. The van der Waals surface area contributed by atoms with Crippen molar-refractivity contribution in [2.24, 2.45) is 0 Å². The number of aliphatic hydroxyl groups is 3. The fourth-order valence-corrected chi connectivity index (χ4v) is 2.53. The quantitative estimate of drug-likeness (QED) is 0.509. The Bertz CT molecular complexity index is 585. The Morgan fingerprint density at radius 2 is 2.00 bits per heavy atom. The summed E-state index contributed by atoms with van der Waals surface area (Å²) in [5.74, 6) is -0.0656. The van der Waals surface area contributed by atoms with Crippen LogP contribution in [0.4, 0.5) is 5.82 Å². The van der Waals surface area contributed by atoms with E-state index in [1.165, 1.54) is 0 Å². The molecule has 0 bridgehead atoms. The van der Waals surface area contributed by atoms with Gasteiger partial charge in [-0.15, -0.1) is 0 Å². The Kier molecular flexibility index (Phi) is 2.47. The predicted molar refractivity (Wildman–Crippen MR) is 62.8 cm³/mol. The van der Waals surface area contributed by atoms with Crippen molar-refractivity contribution in [2.75, 3.05) is 5.73 Å². The van der Waals surface area contributed by atoms with Crippen molar-refractivity contribution >= 4 is 11.5 Å². The van der Waals surface area contributed by atoms with Gasteiger partial charge in [0.05, 0.1) is 12.2 Å². The van der Waals surface area contributed by atoms with Crippen LogP contribution < -0.4 is 5.73 Å². The third-order valence-electron chi connectivity index (χ3n) is 3.52. The molecule has 2 aromatic rings. The Morgan fingerprint density at radius 1 is 1.22 bits per heavy atom. The number of imidazole rings is 1. The van der Waals surface area contributed by atoms with E-state index in [4.69, 9.17) is 5.73 Å². The van der Waals surface area contributed by atoms with Crippen LogP contribution in [0, 0.1) is 0 Å². The van der Waals surface area contributed by atoms with E-state index >= 15 is 0 Å². The van der Waals surface area contributed by atoms with Gasteiger partial charge in [0.2, 0.25) is 0 Å². The van der Waals surface area contributed by atoms with E-state index in [0.29, 0.717) is 23.6 Å². The van der Waals surface area contributed by atoms with E-state index in [1.807, 2.05) is 0 Å². The maximum Gasteiger partial charge on any atom is 0.180 e. The second-order valence-electron chi connectivity index (χ2n) is 4.58. The fourth-order valence-electron chi connectivity index (χ4n) is 2.53. The Morgan fingerprint density at radius 3 is 2.67 bits per heavy atom. The first kappa shape index (κ1) is 11.4. The molecular formula is C11H14N4O3. The van der Waals surface area contributed by atoms with Crippen molar-refractivity contribution in [1.82, 2.24) is 14.4 Å². The molecule has 18 heavy (non-hydrogen) atoms. The van der Waals surface area contributed by atoms with Gasteiger partial charge in [-0.1, -0.05) is 0 Å². The fraction of sp³-hybridized carbons (Fsp3) is 0.455. The monoisotopic (exact) mass is 250 g/mol. The van der Waals surface area contributed by atoms with Crippen LogP contribution in [0.3, 0.4) is 0 Å². The van der Waals surface area contributed by atoms with Gasteiger partial charge < -0.3 is 21.1 Å². The number of nitrogens with two attached hydrogens (primary N) is 1. The third kappa shape index (κ3) is 1.48. The molecule has 1 aliphatic carbocycles. The lowest BCUT2D eigenvalue weighted by Gasteiger charge is -2.15. The first-order chi connectivity index (χ1) is 8.59. The summed E-state index contributed by atoms with van der Waals surface area (Å²) in [4.78, 5) is 8.08. The van der Waals surface area contributed by atoms with E-state index in [1.54, 1.807) is 23.0 Å². The van der Waals surface area contributed by atoms with Crippen molar-refractivity contribution < 1.29 is 15.3 Å². The molecule has 0 saturated heterocycles. The minimum absolute atomic E-state index is 0.290. The van der Waals surface area contributed by atoms with Crippen molar-refractivity contribution in [2.45, 2.75) is 30.7 Å². The molecule has 4 atom stereocenters. The van der Waals surface area contributed by atoms with Gasteiger partial charge in [0, 0.05) is 30.2 Å². The zero-order chi connectivity index (χ0) is 12.9. The average molecular weight is 250 g/mol. The van der Waals surface area contributed by atoms with Crippen LogP contribution in [-0.2, 0) is 0 Å². The van der Waals surface area contributed by atoms with Crippen LogP contribution in [0.5, 0.6) is 0 Å². The molecule has 3 rings (SSSR count). The minimum atomic E-state index is -1.13. The van der Waals surface area contributed by atoms with Crippen LogP contribution >= 0.6 is 0 Å². The van der Waals surface area contributed by atoms with Crippen LogP contribution in [0.2, 0.25) is 0 Å². The molecule has 0 unspecified atom stereocenters. The van der Waals surface area contributed by atoms with Gasteiger partial charge in [0.15, 0.2) is 11.5 Å². The molecule has 1 saturated carbocycles. The molecular weight excluding hydrogens is 236 g/mol. The van der Waals surface area contributed by atoms with Gasteiger partial charge in [0.25, 0.3) is 0 Å². The molecule has 2 aromatic heterocycles. The van der Waals surface area contributed by atoms with E-state index in [0.717, 1.165) is 0 Å². The smallest absolute Gasteiger partial charge is 0.180 e. The SMILES string of the molecule is Nc1nccn2c([C@@H]3C[C@H](O)[C@@H](O)[C@H]3O)cnc12. The zero-order valence-corrected chi connectivity index (χ0v) is 9.51. The number of anilines is 1. The first-order valence-electron chi connectivity index (χ1n) is 5.71. The summed E-state index contributed by atoms with van der Waals surface area (Å²) in [6.07, 6.45) is 2.06. The maximum atomic E-state index is 9.93. The van der Waals surface area contributed by atoms with E-state index < -0.39 is 18.3 Å². The molecule has 0 aromatic carbocycles. The number of hydrogen-bond acceptors (Lipinski definition) is 6. The molecule has 0 amide bonds. The molecule has 0 radical (unpaired) electrons. The highest BCUT2D eigenvalue weighted by Crippen LogP contribution is 2.35. The van der Waals surface area contributed by atoms with Crippen LogP contribution in [0.1, 0.15) is 18.0 Å². The Labute approximate surface area is 103 Å². The van der Waals surface area contributed by atoms with Crippen LogP contribution in [-0.4, -0.2) is 48.0 Å². The normalized spacial score (nSPS) is 32.2. The molecule has 7 nitrogen and oxygen atoms in total. The van der Waals surface area contributed by atoms with Gasteiger partial charge in [-0.3, -0.25) is 4.40 Å². The van der Waals surface area contributed by atoms with Gasteiger partial charge in [-0.25, -0.2) is 9.97 Å². The first-order valence-corrected chi connectivity index (χ1v) is 5.71. The lowest BCUT2D eigenvalue weighted by molar-refractivity contribution is -0.0211. The largest absolute Gasteiger partial charge is 0.390 e. The zero-order valence-electron chi connectivity index (χ0n) is 9.51.